The van der Waals surface area contributed by atoms with Crippen molar-refractivity contribution < 1.29 is 59.9 Å². The van der Waals surface area contributed by atoms with Gasteiger partial charge in [0.25, 0.3) is 0 Å². The van der Waals surface area contributed by atoms with Crippen molar-refractivity contribution in [2.24, 2.45) is 10.4 Å². The first-order valence-corrected chi connectivity index (χ1v) is 11.0. The molecule has 0 saturated carbocycles. The lowest BCUT2D eigenvalue weighted by Gasteiger charge is -2.45. The number of aliphatic imine (C=N–C) groups is 1. The van der Waals surface area contributed by atoms with E-state index in [1.54, 1.807) is 0 Å². The Labute approximate surface area is 195 Å². The molecule has 10 atom stereocenters. The van der Waals surface area contributed by atoms with E-state index in [9.17, 15) is 45.6 Å². The summed E-state index contributed by atoms with van der Waals surface area (Å²) in [4.78, 5) is 16.4. The summed E-state index contributed by atoms with van der Waals surface area (Å²) < 4.78 is 16.1. The fraction of sp³-hybridized carbons (Fsp3) is 0.810. The highest BCUT2D eigenvalue weighted by Crippen LogP contribution is 2.35. The smallest absolute Gasteiger partial charge is 0.187 e. The molecule has 3 rings (SSSR count). The van der Waals surface area contributed by atoms with Crippen molar-refractivity contribution in [3.05, 3.63) is 11.3 Å². The molecule has 13 heteroatoms. The van der Waals surface area contributed by atoms with Gasteiger partial charge in [0.2, 0.25) is 0 Å². The van der Waals surface area contributed by atoms with Gasteiger partial charge in [0.15, 0.2) is 18.4 Å². The first-order valence-electron chi connectivity index (χ1n) is 11.0. The van der Waals surface area contributed by atoms with Gasteiger partial charge in [-0.2, -0.15) is 0 Å². The second-order valence-electron chi connectivity index (χ2n) is 9.61. The third kappa shape index (κ3) is 5.49. The van der Waals surface area contributed by atoms with Gasteiger partial charge in [-0.1, -0.05) is 13.8 Å². The van der Waals surface area contributed by atoms with Crippen LogP contribution in [0.5, 0.6) is 0 Å². The molecular weight excluding hydrogens is 458 g/mol. The van der Waals surface area contributed by atoms with E-state index in [1.165, 1.54) is 0 Å². The lowest BCUT2D eigenvalue weighted by molar-refractivity contribution is -0.344. The van der Waals surface area contributed by atoms with E-state index in [0.29, 0.717) is 0 Å². The molecule has 3 aliphatic rings. The first-order chi connectivity index (χ1) is 15.9. The van der Waals surface area contributed by atoms with Crippen LogP contribution >= 0.6 is 0 Å². The first kappa shape index (κ1) is 27.1. The van der Waals surface area contributed by atoms with Gasteiger partial charge in [-0.15, -0.1) is 0 Å². The van der Waals surface area contributed by atoms with Gasteiger partial charge < -0.3 is 55.1 Å². The van der Waals surface area contributed by atoms with Crippen LogP contribution in [0, 0.1) is 5.41 Å². The number of aliphatic hydroxyl groups excluding tert-OH is 8. The number of carbonyl (C=O) groups excluding carboxylic acids is 1. The summed E-state index contributed by atoms with van der Waals surface area (Å²) in [6.45, 7) is 2.24. The quantitative estimate of drug-likeness (QED) is 0.173. The van der Waals surface area contributed by atoms with Crippen LogP contribution in [-0.4, -0.2) is 127 Å². The van der Waals surface area contributed by atoms with Crippen LogP contribution in [0.2, 0.25) is 0 Å². The zero-order valence-electron chi connectivity index (χ0n) is 18.8. The second-order valence-corrected chi connectivity index (χ2v) is 9.61. The highest BCUT2D eigenvalue weighted by atomic mass is 16.7. The summed E-state index contributed by atoms with van der Waals surface area (Å²) in [5, 5.41) is 80.5. The van der Waals surface area contributed by atoms with Gasteiger partial charge in [0.05, 0.1) is 18.8 Å². The molecule has 0 aromatic rings. The fourth-order valence-corrected chi connectivity index (χ4v) is 4.34. The number of hydrogen-bond acceptors (Lipinski definition) is 13. The summed E-state index contributed by atoms with van der Waals surface area (Å²) in [5.41, 5.74) is -0.487. The number of nitrogens with zero attached hydrogens (tertiary/aromatic N) is 1. The normalized spacial score (nSPS) is 43.5. The third-order valence-electron chi connectivity index (χ3n) is 6.25. The van der Waals surface area contributed by atoms with Crippen LogP contribution in [-0.2, 0) is 19.0 Å². The van der Waals surface area contributed by atoms with E-state index in [1.807, 2.05) is 13.8 Å². The van der Waals surface area contributed by atoms with Gasteiger partial charge in [-0.3, -0.25) is 9.79 Å². The zero-order valence-corrected chi connectivity index (χ0v) is 18.8. The highest BCUT2D eigenvalue weighted by Gasteiger charge is 2.50. The van der Waals surface area contributed by atoms with E-state index in [-0.39, 0.29) is 30.0 Å². The van der Waals surface area contributed by atoms with Gasteiger partial charge in [-0.05, 0) is 5.41 Å². The average molecular weight is 491 g/mol. The number of ether oxygens (including phenoxy) is 3. The van der Waals surface area contributed by atoms with Gasteiger partial charge in [-0.25, -0.2) is 0 Å². The number of hydrogen-bond donors (Lipinski definition) is 8. The molecule has 13 nitrogen and oxygen atoms in total. The van der Waals surface area contributed by atoms with E-state index in [0.717, 1.165) is 6.21 Å². The molecule has 0 radical (unpaired) electrons. The maximum absolute atomic E-state index is 12.4. The van der Waals surface area contributed by atoms with E-state index < -0.39 is 80.0 Å². The zero-order chi connectivity index (χ0) is 25.4. The Kier molecular flexibility index (Phi) is 8.46. The molecule has 0 aromatic carbocycles. The summed E-state index contributed by atoms with van der Waals surface area (Å²) in [5.74, 6) is -0.534. The monoisotopic (exact) mass is 491 g/mol. The van der Waals surface area contributed by atoms with E-state index in [4.69, 9.17) is 14.2 Å². The summed E-state index contributed by atoms with van der Waals surface area (Å²) in [6.07, 6.45) is -12.7. The molecular formula is C21H33NO12. The van der Waals surface area contributed by atoms with Crippen molar-refractivity contribution in [3.63, 3.8) is 0 Å². The molecule has 2 saturated heterocycles. The van der Waals surface area contributed by atoms with Crippen molar-refractivity contribution in [3.8, 4) is 0 Å². The van der Waals surface area contributed by atoms with Gasteiger partial charge in [0, 0.05) is 19.1 Å². The van der Waals surface area contributed by atoms with Crippen LogP contribution < -0.4 is 0 Å². The minimum atomic E-state index is -1.77. The predicted molar refractivity (Wildman–Crippen MR) is 113 cm³/mol. The van der Waals surface area contributed by atoms with Crippen molar-refractivity contribution in [1.29, 1.82) is 0 Å². The van der Waals surface area contributed by atoms with E-state index in [2.05, 4.69) is 4.99 Å². The summed E-state index contributed by atoms with van der Waals surface area (Å²) in [7, 11) is 0. The Morgan fingerprint density at radius 1 is 0.971 bits per heavy atom. The third-order valence-corrected chi connectivity index (χ3v) is 6.25. The van der Waals surface area contributed by atoms with Crippen LogP contribution in [0.3, 0.4) is 0 Å². The van der Waals surface area contributed by atoms with E-state index >= 15 is 0 Å². The molecule has 5 unspecified atom stereocenters. The molecule has 194 valence electrons. The SMILES string of the molecule is CC1(C)CC(=O)C(C=NC2C(O)OC(CO)[C@@H](O[C@@H]3OC(CO)[C@H](O)[C@H](O)C3O)[C@@H]2O)=C(O)C1. The minimum Gasteiger partial charge on any atom is -0.511 e. The molecule has 0 bridgehead atoms. The maximum atomic E-state index is 12.4. The average Bonchev–Trinajstić information content (AvgIpc) is 2.75. The number of allylic oxidation sites excluding steroid dienone is 2. The molecule has 2 heterocycles. The van der Waals surface area contributed by atoms with Crippen molar-refractivity contribution >= 4 is 12.0 Å². The Morgan fingerprint density at radius 3 is 2.21 bits per heavy atom. The van der Waals surface area contributed by atoms with Gasteiger partial charge >= 0.3 is 0 Å². The summed E-state index contributed by atoms with van der Waals surface area (Å²) >= 11 is 0. The largest absolute Gasteiger partial charge is 0.511 e. The highest BCUT2D eigenvalue weighted by molar-refractivity contribution is 6.14. The molecule has 1 aliphatic carbocycles. The Morgan fingerprint density at radius 2 is 1.62 bits per heavy atom. The minimum absolute atomic E-state index is 0.0607. The Balaban J connectivity index is 1.80. The van der Waals surface area contributed by atoms with Crippen molar-refractivity contribution in [1.82, 2.24) is 0 Å². The maximum Gasteiger partial charge on any atom is 0.187 e. The Hall–Kier alpha value is -1.52. The predicted octanol–water partition coefficient (Wildman–Crippen LogP) is -3.12. The van der Waals surface area contributed by atoms with Gasteiger partial charge in [0.1, 0.15) is 54.5 Å². The molecule has 0 aromatic heterocycles. The molecule has 2 aliphatic heterocycles. The molecule has 0 spiro atoms. The number of carbonyl (C=O) groups is 1. The number of Topliss-reactive ketones (excluding diaryl/α,β-unsaturated/α-hetero) is 1. The fourth-order valence-electron chi connectivity index (χ4n) is 4.34. The van der Waals surface area contributed by atoms with Crippen molar-refractivity contribution in [2.75, 3.05) is 13.2 Å². The summed E-state index contributed by atoms with van der Waals surface area (Å²) in [6, 6.07) is -1.42. The van der Waals surface area contributed by atoms with Crippen LogP contribution in [0.1, 0.15) is 26.7 Å². The lowest BCUT2D eigenvalue weighted by Crippen LogP contribution is -2.64. The van der Waals surface area contributed by atoms with Crippen LogP contribution in [0.25, 0.3) is 0 Å². The van der Waals surface area contributed by atoms with Crippen LogP contribution in [0.4, 0.5) is 0 Å². The lowest BCUT2D eigenvalue weighted by atomic mass is 9.77. The topological polar surface area (TPSA) is 219 Å². The molecule has 2 fully saturated rings. The number of rotatable bonds is 6. The van der Waals surface area contributed by atoms with Crippen LogP contribution in [0.15, 0.2) is 16.3 Å². The number of aliphatic hydroxyl groups is 8. The molecule has 0 amide bonds. The standard InChI is InChI=1S/C21H33NO12/c1-21(2)3-9(25)8(10(26)4-21)5-22-13-15(28)18(12(7-24)32-19(13)31)34-20-17(30)16(29)14(27)11(6-23)33-20/h5,11-20,23-25,27-31H,3-4,6-7H2,1-2H3/t11?,12?,13?,14-,15+,16-,17?,18+,19?,20-/m0/s1. The Bertz CT molecular complexity index is 799. The molecule has 34 heavy (non-hydrogen) atoms. The molecule has 8 N–H and O–H groups in total. The number of ketones is 1. The van der Waals surface area contributed by atoms with Crippen molar-refractivity contribution in [2.45, 2.75) is 88.0 Å². The second kappa shape index (κ2) is 10.6.